The molecular weight excluding hydrogens is 827 g/mol. The molecule has 2 saturated carbocycles. The zero-order valence-corrected chi connectivity index (χ0v) is 39.3. The van der Waals surface area contributed by atoms with Gasteiger partial charge in [0.15, 0.2) is 0 Å². The molecule has 2 aliphatic rings. The van der Waals surface area contributed by atoms with Crippen LogP contribution in [0.3, 0.4) is 0 Å². The number of pyridine rings is 1. The van der Waals surface area contributed by atoms with Gasteiger partial charge in [0, 0.05) is 28.4 Å². The standard InChI is InChI=1S/C64H61N3O/c1-64(2,3)54-40-52(39-53(41-54)58-42-51(35-36-65-58)49-32-30-48(31-33-49)47-28-26-46(27-29-47)45-17-6-4-7-18-45)55-22-14-23-60-62(55)66-63(56-21-12-13-24-61(56)68)67(60)59-34-25-44(37-43-15-10-11-16-43)38-57(59)50-19-8-5-9-20-50/h4-9,12-14,17-25,30-36,38-43,46-47,68H,10-11,15-16,26-29,37H2,1-3H3/i37D2,46D,47D. The second-order valence-electron chi connectivity index (χ2n) is 19.8. The Morgan fingerprint density at radius 2 is 1.24 bits per heavy atom. The summed E-state index contributed by atoms with van der Waals surface area (Å²) in [7, 11) is 0. The van der Waals surface area contributed by atoms with E-state index in [-0.39, 0.29) is 17.1 Å². The first-order valence-corrected chi connectivity index (χ1v) is 24.5. The molecule has 0 spiro atoms. The van der Waals surface area contributed by atoms with E-state index in [2.05, 4.69) is 116 Å². The molecule has 68 heavy (non-hydrogen) atoms. The van der Waals surface area contributed by atoms with Gasteiger partial charge in [-0.25, -0.2) is 4.98 Å². The molecule has 0 amide bonds. The van der Waals surface area contributed by atoms with Gasteiger partial charge in [-0.1, -0.05) is 168 Å². The summed E-state index contributed by atoms with van der Waals surface area (Å²) in [5.74, 6) is -0.706. The van der Waals surface area contributed by atoms with Crippen molar-refractivity contribution < 1.29 is 10.6 Å². The molecule has 9 aromatic rings. The van der Waals surface area contributed by atoms with E-state index in [1.54, 1.807) is 6.07 Å². The zero-order valence-electron chi connectivity index (χ0n) is 43.3. The second kappa shape index (κ2) is 18.6. The summed E-state index contributed by atoms with van der Waals surface area (Å²) in [5.41, 5.74) is 14.5. The van der Waals surface area contributed by atoms with Gasteiger partial charge >= 0.3 is 0 Å². The third-order valence-corrected chi connectivity index (χ3v) is 14.3. The molecule has 2 aliphatic carbocycles. The quantitative estimate of drug-likeness (QED) is 0.149. The van der Waals surface area contributed by atoms with Gasteiger partial charge < -0.3 is 5.11 Å². The summed E-state index contributed by atoms with van der Waals surface area (Å²) in [5, 5.41) is 11.5. The zero-order chi connectivity index (χ0) is 49.8. The summed E-state index contributed by atoms with van der Waals surface area (Å²) < 4.78 is 39.7. The van der Waals surface area contributed by atoms with Crippen LogP contribution in [0.25, 0.3) is 72.7 Å². The molecule has 0 radical (unpaired) electrons. The number of para-hydroxylation sites is 2. The van der Waals surface area contributed by atoms with E-state index >= 15 is 0 Å². The van der Waals surface area contributed by atoms with Crippen molar-refractivity contribution in [3.63, 3.8) is 0 Å². The highest BCUT2D eigenvalue weighted by molar-refractivity contribution is 5.97. The fraction of sp³-hybridized carbons (Fsp3) is 0.250. The lowest BCUT2D eigenvalue weighted by molar-refractivity contribution is 0.396. The average molecular weight is 892 g/mol. The average Bonchev–Trinajstić information content (AvgIpc) is 4.10. The Morgan fingerprint density at radius 1 is 0.574 bits per heavy atom. The first kappa shape index (κ1) is 39.0. The molecule has 11 rings (SSSR count). The molecule has 0 bridgehead atoms. The highest BCUT2D eigenvalue weighted by Gasteiger charge is 2.26. The van der Waals surface area contributed by atoms with Crippen LogP contribution in [-0.4, -0.2) is 19.6 Å². The van der Waals surface area contributed by atoms with Crippen LogP contribution in [0.15, 0.2) is 182 Å². The Balaban J connectivity index is 0.997. The van der Waals surface area contributed by atoms with E-state index < -0.39 is 18.2 Å². The van der Waals surface area contributed by atoms with Gasteiger partial charge in [0.2, 0.25) is 0 Å². The number of aromatic hydroxyl groups is 1. The lowest BCUT2D eigenvalue weighted by Gasteiger charge is -2.29. The van der Waals surface area contributed by atoms with Crippen molar-refractivity contribution in [3.05, 3.63) is 204 Å². The van der Waals surface area contributed by atoms with E-state index in [0.29, 0.717) is 42.6 Å². The third kappa shape index (κ3) is 8.81. The van der Waals surface area contributed by atoms with Crippen LogP contribution >= 0.6 is 0 Å². The maximum Gasteiger partial charge on any atom is 0.149 e. The van der Waals surface area contributed by atoms with Crippen molar-refractivity contribution in [1.82, 2.24) is 14.5 Å². The van der Waals surface area contributed by atoms with Crippen LogP contribution in [0.2, 0.25) is 0 Å². The van der Waals surface area contributed by atoms with Crippen LogP contribution < -0.4 is 0 Å². The third-order valence-electron chi connectivity index (χ3n) is 14.3. The number of phenolic OH excluding ortho intramolecular Hbond substituents is 1. The molecule has 2 aromatic heterocycles. The fourth-order valence-electron chi connectivity index (χ4n) is 10.5. The van der Waals surface area contributed by atoms with Gasteiger partial charge in [-0.05, 0) is 154 Å². The number of fused-ring (bicyclic) bond motifs is 1. The summed E-state index contributed by atoms with van der Waals surface area (Å²) in [6, 6.07) is 59.4. The molecular formula is C64H61N3O. The number of imidazole rings is 1. The lowest BCUT2D eigenvalue weighted by Crippen LogP contribution is -2.12. The highest BCUT2D eigenvalue weighted by Crippen LogP contribution is 2.44. The summed E-state index contributed by atoms with van der Waals surface area (Å²) in [6.45, 7) is 6.69. The van der Waals surface area contributed by atoms with Crippen molar-refractivity contribution >= 4 is 11.0 Å². The highest BCUT2D eigenvalue weighted by atomic mass is 16.3. The Kier molecular flexibility index (Phi) is 10.6. The van der Waals surface area contributed by atoms with E-state index in [4.69, 9.17) is 9.97 Å². The summed E-state index contributed by atoms with van der Waals surface area (Å²) >= 11 is 0. The first-order valence-electron chi connectivity index (χ1n) is 26.5. The van der Waals surface area contributed by atoms with Crippen LogP contribution in [0.1, 0.15) is 112 Å². The molecule has 0 saturated heterocycles. The van der Waals surface area contributed by atoms with E-state index in [9.17, 15) is 10.6 Å². The Hall–Kier alpha value is -7.04. The predicted molar refractivity (Wildman–Crippen MR) is 282 cm³/mol. The van der Waals surface area contributed by atoms with Crippen molar-refractivity contribution in [2.75, 3.05) is 0 Å². The van der Waals surface area contributed by atoms with E-state index in [0.717, 1.165) is 104 Å². The Bertz CT molecular complexity index is 3420. The molecule has 338 valence electrons. The van der Waals surface area contributed by atoms with Gasteiger partial charge in [0.1, 0.15) is 11.6 Å². The number of benzene rings is 7. The lowest BCUT2D eigenvalue weighted by atomic mass is 9.76. The largest absolute Gasteiger partial charge is 0.507 e. The Labute approximate surface area is 408 Å². The van der Waals surface area contributed by atoms with Crippen molar-refractivity contribution in [2.45, 2.75) is 95.7 Å². The van der Waals surface area contributed by atoms with Gasteiger partial charge in [0.25, 0.3) is 0 Å². The molecule has 2 fully saturated rings. The normalized spacial score (nSPS) is 19.9. The van der Waals surface area contributed by atoms with Gasteiger partial charge in [0.05, 0.1) is 28.0 Å². The van der Waals surface area contributed by atoms with Crippen LogP contribution in [0.4, 0.5) is 0 Å². The Morgan fingerprint density at radius 3 is 1.96 bits per heavy atom. The van der Waals surface area contributed by atoms with E-state index in [1.165, 1.54) is 0 Å². The first-order chi connectivity index (χ1) is 34.7. The smallest absolute Gasteiger partial charge is 0.149 e. The minimum atomic E-state index is -1.49. The number of hydrogen-bond donors (Lipinski definition) is 1. The molecule has 0 unspecified atom stereocenters. The summed E-state index contributed by atoms with van der Waals surface area (Å²) in [4.78, 5) is 10.4. The minimum Gasteiger partial charge on any atom is -0.507 e. The number of rotatable bonds is 10. The molecule has 0 atom stereocenters. The van der Waals surface area contributed by atoms with Crippen molar-refractivity contribution in [2.24, 2.45) is 5.92 Å². The van der Waals surface area contributed by atoms with Crippen LogP contribution in [0, 0.1) is 5.92 Å². The second-order valence-corrected chi connectivity index (χ2v) is 19.8. The predicted octanol–water partition coefficient (Wildman–Crippen LogP) is 16.9. The molecule has 2 heterocycles. The molecule has 4 heteroatoms. The van der Waals surface area contributed by atoms with Gasteiger partial charge in [-0.15, -0.1) is 0 Å². The van der Waals surface area contributed by atoms with Crippen molar-refractivity contribution in [1.29, 1.82) is 0 Å². The van der Waals surface area contributed by atoms with Crippen LogP contribution in [-0.2, 0) is 11.8 Å². The maximum absolute atomic E-state index is 11.5. The van der Waals surface area contributed by atoms with Crippen LogP contribution in [0.5, 0.6) is 5.75 Å². The molecule has 0 aliphatic heterocycles. The number of aromatic nitrogens is 3. The topological polar surface area (TPSA) is 50.9 Å². The van der Waals surface area contributed by atoms with E-state index in [1.807, 2.05) is 85.1 Å². The number of hydrogen-bond acceptors (Lipinski definition) is 3. The number of nitrogens with zero attached hydrogens (tertiary/aromatic N) is 3. The van der Waals surface area contributed by atoms with Crippen molar-refractivity contribution in [3.8, 4) is 67.5 Å². The summed E-state index contributed by atoms with van der Waals surface area (Å²) in [6.07, 6.45) is 6.86. The van der Waals surface area contributed by atoms with Gasteiger partial charge in [-0.2, -0.15) is 0 Å². The fourth-order valence-corrected chi connectivity index (χ4v) is 10.5. The number of phenols is 1. The maximum atomic E-state index is 11.5. The molecule has 1 N–H and O–H groups in total. The monoisotopic (exact) mass is 892 g/mol. The van der Waals surface area contributed by atoms with Gasteiger partial charge in [-0.3, -0.25) is 9.55 Å². The minimum absolute atomic E-state index is 0.0325. The molecule has 4 nitrogen and oxygen atoms in total. The molecule has 7 aromatic carbocycles. The SMILES string of the molecule is [2H]C1(c2ccccc2)CCC([2H])(c2ccc(-c3ccnc(-c4cc(-c5cccc6c5nc(-c5ccccc5O)n6-c5ccc(C([2H])([2H])C6CCCC6)cc5-c5ccccc5)cc(C(C)(C)C)c4)c3)cc2)CC1.